The van der Waals surface area contributed by atoms with E-state index in [-0.39, 0.29) is 24.9 Å². The van der Waals surface area contributed by atoms with Gasteiger partial charge in [-0.05, 0) is 31.2 Å². The minimum atomic E-state index is -0.231. The van der Waals surface area contributed by atoms with Crippen molar-refractivity contribution >= 4 is 17.5 Å². The molecule has 1 aliphatic rings. The van der Waals surface area contributed by atoms with Gasteiger partial charge in [0.15, 0.2) is 0 Å². The van der Waals surface area contributed by atoms with Gasteiger partial charge in [0.05, 0.1) is 25.4 Å². The number of nitrogens with one attached hydrogen (secondary N) is 1. The molecule has 0 saturated carbocycles. The molecule has 1 saturated heterocycles. The van der Waals surface area contributed by atoms with Crippen LogP contribution in [0.1, 0.15) is 6.92 Å². The van der Waals surface area contributed by atoms with Gasteiger partial charge in [0.2, 0.25) is 11.8 Å². The number of ether oxygens (including phenoxy) is 1. The van der Waals surface area contributed by atoms with E-state index in [1.54, 1.807) is 24.3 Å². The summed E-state index contributed by atoms with van der Waals surface area (Å²) in [6.45, 7) is 2.88. The number of rotatable bonds is 3. The molecule has 5 nitrogen and oxygen atoms in total. The van der Waals surface area contributed by atoms with Crippen LogP contribution in [0, 0.1) is 0 Å². The maximum atomic E-state index is 11.6. The SMILES string of the molecule is CCOc1ccc(N2C(=O)CNCC2=O)cc1. The molecule has 0 aromatic heterocycles. The zero-order valence-corrected chi connectivity index (χ0v) is 9.60. The van der Waals surface area contributed by atoms with Crippen LogP contribution in [0.5, 0.6) is 5.75 Å². The lowest BCUT2D eigenvalue weighted by Crippen LogP contribution is -2.52. The first-order valence-corrected chi connectivity index (χ1v) is 5.51. The monoisotopic (exact) mass is 234 g/mol. The van der Waals surface area contributed by atoms with E-state index in [9.17, 15) is 9.59 Å². The van der Waals surface area contributed by atoms with Crippen LogP contribution in [0.4, 0.5) is 5.69 Å². The molecule has 1 heterocycles. The summed E-state index contributed by atoms with van der Waals surface area (Å²) in [5, 5.41) is 2.75. The van der Waals surface area contributed by atoms with Crippen molar-refractivity contribution in [3.05, 3.63) is 24.3 Å². The second-order valence-corrected chi connectivity index (χ2v) is 3.65. The normalized spacial score (nSPS) is 16.2. The third-order valence-corrected chi connectivity index (χ3v) is 2.46. The van der Waals surface area contributed by atoms with Crippen molar-refractivity contribution in [2.75, 3.05) is 24.6 Å². The molecule has 0 unspecified atom stereocenters. The Morgan fingerprint density at radius 1 is 1.18 bits per heavy atom. The molecule has 0 atom stereocenters. The maximum Gasteiger partial charge on any atom is 0.247 e. The summed E-state index contributed by atoms with van der Waals surface area (Å²) in [7, 11) is 0. The van der Waals surface area contributed by atoms with Gasteiger partial charge >= 0.3 is 0 Å². The molecular formula is C12H14N2O3. The smallest absolute Gasteiger partial charge is 0.247 e. The molecule has 2 rings (SSSR count). The number of anilines is 1. The predicted octanol–water partition coefficient (Wildman–Crippen LogP) is 0.548. The first kappa shape index (κ1) is 11.6. The summed E-state index contributed by atoms with van der Waals surface area (Å²) < 4.78 is 5.30. The van der Waals surface area contributed by atoms with Gasteiger partial charge in [0.25, 0.3) is 0 Å². The van der Waals surface area contributed by atoms with Gasteiger partial charge in [0, 0.05) is 0 Å². The highest BCUT2D eigenvalue weighted by atomic mass is 16.5. The Kier molecular flexibility index (Phi) is 3.39. The van der Waals surface area contributed by atoms with Crippen molar-refractivity contribution < 1.29 is 14.3 Å². The number of carbonyl (C=O) groups is 2. The first-order valence-electron chi connectivity index (χ1n) is 5.51. The zero-order chi connectivity index (χ0) is 12.3. The lowest BCUT2D eigenvalue weighted by atomic mass is 10.2. The average molecular weight is 234 g/mol. The van der Waals surface area contributed by atoms with Crippen LogP contribution >= 0.6 is 0 Å². The summed E-state index contributed by atoms with van der Waals surface area (Å²) in [6, 6.07) is 6.93. The standard InChI is InChI=1S/C12H14N2O3/c1-2-17-10-5-3-9(4-6-10)14-11(15)7-13-8-12(14)16/h3-6,13H,2,7-8H2,1H3. The molecule has 1 N–H and O–H groups in total. The van der Waals surface area contributed by atoms with Gasteiger partial charge in [-0.2, -0.15) is 0 Å². The number of amides is 2. The van der Waals surface area contributed by atoms with Gasteiger partial charge in [0.1, 0.15) is 5.75 Å². The van der Waals surface area contributed by atoms with Crippen LogP contribution in [0.2, 0.25) is 0 Å². The van der Waals surface area contributed by atoms with Gasteiger partial charge in [-0.3, -0.25) is 14.9 Å². The van der Waals surface area contributed by atoms with Crippen molar-refractivity contribution in [3.8, 4) is 5.75 Å². The molecule has 90 valence electrons. The molecule has 0 aliphatic carbocycles. The highest BCUT2D eigenvalue weighted by molar-refractivity contribution is 6.17. The van der Waals surface area contributed by atoms with E-state index in [1.165, 1.54) is 4.90 Å². The first-order chi connectivity index (χ1) is 8.22. The fourth-order valence-electron chi connectivity index (χ4n) is 1.72. The number of imide groups is 1. The van der Waals surface area contributed by atoms with Gasteiger partial charge in [-0.1, -0.05) is 0 Å². The molecule has 1 aliphatic heterocycles. The van der Waals surface area contributed by atoms with Gasteiger partial charge < -0.3 is 4.74 Å². The predicted molar refractivity (Wildman–Crippen MR) is 63.0 cm³/mol. The lowest BCUT2D eigenvalue weighted by molar-refractivity contribution is -0.127. The Labute approximate surface area is 99.4 Å². The minimum Gasteiger partial charge on any atom is -0.494 e. The Morgan fingerprint density at radius 2 is 1.76 bits per heavy atom. The lowest BCUT2D eigenvalue weighted by Gasteiger charge is -2.25. The summed E-state index contributed by atoms with van der Waals surface area (Å²) in [5.74, 6) is 0.266. The molecule has 0 bridgehead atoms. The van der Waals surface area contributed by atoms with Gasteiger partial charge in [-0.15, -0.1) is 0 Å². The molecule has 17 heavy (non-hydrogen) atoms. The van der Waals surface area contributed by atoms with E-state index < -0.39 is 0 Å². The third-order valence-electron chi connectivity index (χ3n) is 2.46. The zero-order valence-electron chi connectivity index (χ0n) is 9.60. The fraction of sp³-hybridized carbons (Fsp3) is 0.333. The van der Waals surface area contributed by atoms with Crippen LogP contribution in [0.3, 0.4) is 0 Å². The molecule has 5 heteroatoms. The minimum absolute atomic E-state index is 0.193. The highest BCUT2D eigenvalue weighted by Gasteiger charge is 2.26. The van der Waals surface area contributed by atoms with Gasteiger partial charge in [-0.25, -0.2) is 4.90 Å². The Morgan fingerprint density at radius 3 is 2.29 bits per heavy atom. The van der Waals surface area contributed by atoms with E-state index in [0.717, 1.165) is 5.75 Å². The highest BCUT2D eigenvalue weighted by Crippen LogP contribution is 2.20. The van der Waals surface area contributed by atoms with Crippen LogP contribution in [0.15, 0.2) is 24.3 Å². The molecule has 2 amide bonds. The van der Waals surface area contributed by atoms with Crippen molar-refractivity contribution in [2.24, 2.45) is 0 Å². The van der Waals surface area contributed by atoms with E-state index in [2.05, 4.69) is 5.32 Å². The average Bonchev–Trinajstić information content (AvgIpc) is 2.31. The quantitative estimate of drug-likeness (QED) is 0.776. The van der Waals surface area contributed by atoms with Crippen LogP contribution in [0.25, 0.3) is 0 Å². The Bertz CT molecular complexity index is 412. The number of benzene rings is 1. The van der Waals surface area contributed by atoms with E-state index in [1.807, 2.05) is 6.92 Å². The van der Waals surface area contributed by atoms with E-state index >= 15 is 0 Å². The van der Waals surface area contributed by atoms with Crippen LogP contribution in [-0.2, 0) is 9.59 Å². The molecule has 1 fully saturated rings. The summed E-state index contributed by atoms with van der Waals surface area (Å²) in [4.78, 5) is 24.5. The fourth-order valence-corrected chi connectivity index (χ4v) is 1.72. The number of nitrogens with zero attached hydrogens (tertiary/aromatic N) is 1. The third kappa shape index (κ3) is 2.45. The molecule has 1 aromatic carbocycles. The van der Waals surface area contributed by atoms with E-state index in [4.69, 9.17) is 4.74 Å². The van der Waals surface area contributed by atoms with Crippen molar-refractivity contribution in [1.29, 1.82) is 0 Å². The summed E-state index contributed by atoms with van der Waals surface area (Å²) >= 11 is 0. The van der Waals surface area contributed by atoms with Crippen molar-refractivity contribution in [1.82, 2.24) is 5.32 Å². The number of hydrogen-bond donors (Lipinski definition) is 1. The van der Waals surface area contributed by atoms with E-state index in [0.29, 0.717) is 12.3 Å². The number of piperazine rings is 1. The summed E-state index contributed by atoms with van der Waals surface area (Å²) in [6.07, 6.45) is 0. The maximum absolute atomic E-state index is 11.6. The van der Waals surface area contributed by atoms with Crippen LogP contribution in [-0.4, -0.2) is 31.5 Å². The second kappa shape index (κ2) is 4.97. The topological polar surface area (TPSA) is 58.6 Å². The number of carbonyl (C=O) groups excluding carboxylic acids is 2. The molecule has 0 radical (unpaired) electrons. The largest absolute Gasteiger partial charge is 0.494 e. The molecule has 0 spiro atoms. The number of hydrogen-bond acceptors (Lipinski definition) is 4. The molecular weight excluding hydrogens is 220 g/mol. The Balaban J connectivity index is 2.20. The van der Waals surface area contributed by atoms with Crippen molar-refractivity contribution in [2.45, 2.75) is 6.92 Å². The second-order valence-electron chi connectivity index (χ2n) is 3.65. The van der Waals surface area contributed by atoms with Crippen LogP contribution < -0.4 is 15.0 Å². The summed E-state index contributed by atoms with van der Waals surface area (Å²) in [5.41, 5.74) is 0.588. The molecule has 1 aromatic rings. The Hall–Kier alpha value is -1.88. The van der Waals surface area contributed by atoms with Crippen molar-refractivity contribution in [3.63, 3.8) is 0 Å².